The molecule has 1 aliphatic rings. The lowest BCUT2D eigenvalue weighted by Crippen LogP contribution is -2.33. The Hall–Kier alpha value is -0.860. The first-order valence-corrected chi connectivity index (χ1v) is 6.29. The van der Waals surface area contributed by atoms with Crippen LogP contribution in [0.4, 0.5) is 0 Å². The zero-order valence-electron chi connectivity index (χ0n) is 10.3. The van der Waals surface area contributed by atoms with Crippen molar-refractivity contribution in [3.8, 4) is 0 Å². The van der Waals surface area contributed by atoms with E-state index in [4.69, 9.17) is 4.74 Å². The van der Waals surface area contributed by atoms with Gasteiger partial charge in [0.2, 0.25) is 0 Å². The van der Waals surface area contributed by atoms with E-state index in [9.17, 15) is 0 Å². The van der Waals surface area contributed by atoms with Crippen LogP contribution in [-0.4, -0.2) is 19.7 Å². The van der Waals surface area contributed by atoms with Crippen molar-refractivity contribution in [3.05, 3.63) is 34.9 Å². The Balaban J connectivity index is 2.27. The third-order valence-electron chi connectivity index (χ3n) is 3.27. The highest BCUT2D eigenvalue weighted by Crippen LogP contribution is 2.24. The van der Waals surface area contributed by atoms with Crippen LogP contribution in [0, 0.1) is 0 Å². The average Bonchev–Trinajstić information content (AvgIpc) is 2.39. The summed E-state index contributed by atoms with van der Waals surface area (Å²) >= 11 is 0. The summed E-state index contributed by atoms with van der Waals surface area (Å²) < 4.78 is 5.84. The van der Waals surface area contributed by atoms with E-state index in [1.54, 1.807) is 0 Å². The van der Waals surface area contributed by atoms with Crippen LogP contribution >= 0.6 is 0 Å². The Labute approximate surface area is 98.0 Å². The van der Waals surface area contributed by atoms with E-state index in [0.717, 1.165) is 32.5 Å². The van der Waals surface area contributed by atoms with Gasteiger partial charge in [-0.25, -0.2) is 0 Å². The Morgan fingerprint density at radius 2 is 2.19 bits per heavy atom. The monoisotopic (exact) mass is 219 g/mol. The Bertz CT molecular complexity index is 343. The van der Waals surface area contributed by atoms with E-state index in [1.807, 2.05) is 0 Å². The van der Waals surface area contributed by atoms with Crippen molar-refractivity contribution < 1.29 is 4.74 Å². The molecule has 0 aliphatic carbocycles. The lowest BCUT2D eigenvalue weighted by atomic mass is 9.96. The Morgan fingerprint density at radius 3 is 2.81 bits per heavy atom. The summed E-state index contributed by atoms with van der Waals surface area (Å²) in [6.07, 6.45) is 2.42. The molecule has 0 radical (unpaired) electrons. The van der Waals surface area contributed by atoms with Gasteiger partial charge in [0.25, 0.3) is 0 Å². The summed E-state index contributed by atoms with van der Waals surface area (Å²) in [5.74, 6) is 0. The molecule has 0 aromatic heterocycles. The molecular formula is C14H21NO. The van der Waals surface area contributed by atoms with Crippen LogP contribution in [0.5, 0.6) is 0 Å². The summed E-state index contributed by atoms with van der Waals surface area (Å²) in [6.45, 7) is 7.15. The molecule has 1 aliphatic heterocycles. The van der Waals surface area contributed by atoms with E-state index in [2.05, 4.69) is 37.4 Å². The number of rotatable bonds is 3. The second-order valence-electron chi connectivity index (χ2n) is 4.30. The lowest BCUT2D eigenvalue weighted by Gasteiger charge is -2.26. The second kappa shape index (κ2) is 5.46. The summed E-state index contributed by atoms with van der Waals surface area (Å²) in [5.41, 5.74) is 4.21. The van der Waals surface area contributed by atoms with Crippen molar-refractivity contribution in [2.24, 2.45) is 0 Å². The van der Waals surface area contributed by atoms with Crippen molar-refractivity contribution in [1.82, 2.24) is 5.32 Å². The van der Waals surface area contributed by atoms with Crippen LogP contribution in [0.3, 0.4) is 0 Å². The van der Waals surface area contributed by atoms with Gasteiger partial charge in [-0.05, 0) is 29.5 Å². The van der Waals surface area contributed by atoms with Crippen molar-refractivity contribution in [3.63, 3.8) is 0 Å². The first-order chi connectivity index (χ1) is 7.85. The van der Waals surface area contributed by atoms with Gasteiger partial charge < -0.3 is 10.1 Å². The Morgan fingerprint density at radius 1 is 1.31 bits per heavy atom. The molecule has 16 heavy (non-hydrogen) atoms. The highest BCUT2D eigenvalue weighted by molar-refractivity contribution is 5.34. The standard InChI is InChI=1S/C14H21NO/c1-3-11-5-6-12(4-2)13(9-11)14-10-15-7-8-16-14/h5-6,9,14-15H,3-4,7-8,10H2,1-2H3. The largest absolute Gasteiger partial charge is 0.371 e. The summed E-state index contributed by atoms with van der Waals surface area (Å²) in [6, 6.07) is 6.81. The molecule has 2 rings (SSSR count). The molecule has 0 amide bonds. The van der Waals surface area contributed by atoms with Gasteiger partial charge in [0, 0.05) is 13.1 Å². The number of benzene rings is 1. The topological polar surface area (TPSA) is 21.3 Å². The maximum atomic E-state index is 5.84. The average molecular weight is 219 g/mol. The fourth-order valence-corrected chi connectivity index (χ4v) is 2.25. The normalized spacial score (nSPS) is 21.0. The fourth-order valence-electron chi connectivity index (χ4n) is 2.25. The van der Waals surface area contributed by atoms with Crippen LogP contribution < -0.4 is 5.32 Å². The van der Waals surface area contributed by atoms with E-state index in [1.165, 1.54) is 16.7 Å². The SMILES string of the molecule is CCc1ccc(CC)c(C2CNCCO2)c1. The molecule has 0 saturated carbocycles. The van der Waals surface area contributed by atoms with Gasteiger partial charge in [-0.2, -0.15) is 0 Å². The number of ether oxygens (including phenoxy) is 1. The molecule has 1 fully saturated rings. The molecule has 1 heterocycles. The highest BCUT2D eigenvalue weighted by atomic mass is 16.5. The van der Waals surface area contributed by atoms with Crippen LogP contribution in [0.15, 0.2) is 18.2 Å². The van der Waals surface area contributed by atoms with E-state index in [-0.39, 0.29) is 6.10 Å². The van der Waals surface area contributed by atoms with Gasteiger partial charge in [-0.1, -0.05) is 32.0 Å². The van der Waals surface area contributed by atoms with Crippen LogP contribution in [0.25, 0.3) is 0 Å². The fraction of sp³-hybridized carbons (Fsp3) is 0.571. The molecule has 1 aromatic carbocycles. The maximum Gasteiger partial charge on any atom is 0.0952 e. The predicted molar refractivity (Wildman–Crippen MR) is 66.8 cm³/mol. The molecule has 1 saturated heterocycles. The van der Waals surface area contributed by atoms with Crippen molar-refractivity contribution in [2.75, 3.05) is 19.7 Å². The number of hydrogen-bond donors (Lipinski definition) is 1. The molecule has 2 heteroatoms. The minimum absolute atomic E-state index is 0.246. The van der Waals surface area contributed by atoms with Gasteiger partial charge in [0.15, 0.2) is 0 Å². The second-order valence-corrected chi connectivity index (χ2v) is 4.30. The van der Waals surface area contributed by atoms with Crippen LogP contribution in [0.1, 0.15) is 36.6 Å². The summed E-state index contributed by atoms with van der Waals surface area (Å²) in [7, 11) is 0. The smallest absolute Gasteiger partial charge is 0.0952 e. The lowest BCUT2D eigenvalue weighted by molar-refractivity contribution is 0.0271. The first-order valence-electron chi connectivity index (χ1n) is 6.29. The number of morpholine rings is 1. The molecule has 88 valence electrons. The summed E-state index contributed by atoms with van der Waals surface area (Å²) in [4.78, 5) is 0. The predicted octanol–water partition coefficient (Wildman–Crippen LogP) is 2.47. The Kier molecular flexibility index (Phi) is 3.97. The zero-order chi connectivity index (χ0) is 11.4. The number of nitrogens with one attached hydrogen (secondary N) is 1. The van der Waals surface area contributed by atoms with Gasteiger partial charge in [0.05, 0.1) is 12.7 Å². The van der Waals surface area contributed by atoms with Gasteiger partial charge in [0.1, 0.15) is 0 Å². The third-order valence-corrected chi connectivity index (χ3v) is 3.27. The third kappa shape index (κ3) is 2.45. The minimum Gasteiger partial charge on any atom is -0.371 e. The molecular weight excluding hydrogens is 198 g/mol. The van der Waals surface area contributed by atoms with Gasteiger partial charge in [-0.3, -0.25) is 0 Å². The zero-order valence-corrected chi connectivity index (χ0v) is 10.3. The van der Waals surface area contributed by atoms with Gasteiger partial charge in [-0.15, -0.1) is 0 Å². The molecule has 1 atom stereocenters. The molecule has 1 aromatic rings. The summed E-state index contributed by atoms with van der Waals surface area (Å²) in [5, 5.41) is 3.40. The van der Waals surface area contributed by atoms with Crippen LogP contribution in [-0.2, 0) is 17.6 Å². The minimum atomic E-state index is 0.246. The van der Waals surface area contributed by atoms with E-state index >= 15 is 0 Å². The molecule has 0 bridgehead atoms. The molecule has 1 unspecified atom stereocenters. The van der Waals surface area contributed by atoms with Crippen LogP contribution in [0.2, 0.25) is 0 Å². The van der Waals surface area contributed by atoms with Crippen molar-refractivity contribution in [1.29, 1.82) is 0 Å². The van der Waals surface area contributed by atoms with Gasteiger partial charge >= 0.3 is 0 Å². The quantitative estimate of drug-likeness (QED) is 0.843. The van der Waals surface area contributed by atoms with Crippen molar-refractivity contribution in [2.45, 2.75) is 32.8 Å². The van der Waals surface area contributed by atoms with E-state index < -0.39 is 0 Å². The molecule has 1 N–H and O–H groups in total. The van der Waals surface area contributed by atoms with E-state index in [0.29, 0.717) is 0 Å². The molecule has 0 spiro atoms. The highest BCUT2D eigenvalue weighted by Gasteiger charge is 2.18. The number of hydrogen-bond acceptors (Lipinski definition) is 2. The molecule has 2 nitrogen and oxygen atoms in total. The first kappa shape index (κ1) is 11.6. The maximum absolute atomic E-state index is 5.84. The van der Waals surface area contributed by atoms with Crippen molar-refractivity contribution >= 4 is 0 Å². The number of aryl methyl sites for hydroxylation is 2.